The van der Waals surface area contributed by atoms with E-state index < -0.39 is 6.16 Å². The Balaban J connectivity index is -0.0000000720. The molecule has 0 amide bonds. The monoisotopic (exact) mass is 161 g/mol. The Morgan fingerprint density at radius 1 is 1.89 bits per heavy atom. The van der Waals surface area contributed by atoms with Gasteiger partial charge in [-0.3, -0.25) is 0 Å². The molecule has 0 bridgehead atoms. The first kappa shape index (κ1) is 16.4. The molecule has 0 saturated heterocycles. The van der Waals surface area contributed by atoms with Crippen molar-refractivity contribution in [3.05, 3.63) is 0 Å². The Morgan fingerprint density at radius 3 is 2.00 bits per heavy atom. The summed E-state index contributed by atoms with van der Waals surface area (Å²) in [5.74, 6) is 4.53. The standard InChI is InChI=1S/C2H7NO.CH2O3.K/c1-2-4-3;2-1(3)4;/h2-3H2,1H3;(H2,2,3,4);/q;;+1/p-1. The Hall–Kier alpha value is 0.826. The topological polar surface area (TPSA) is 95.6 Å². The van der Waals surface area contributed by atoms with Crippen molar-refractivity contribution in [3.63, 3.8) is 0 Å². The molecule has 0 rings (SSSR count). The molecule has 0 radical (unpaired) electrons. The van der Waals surface area contributed by atoms with Crippen LogP contribution in [0, 0.1) is 0 Å². The van der Waals surface area contributed by atoms with E-state index >= 15 is 0 Å². The zero-order chi connectivity index (χ0) is 6.99. The van der Waals surface area contributed by atoms with Crippen molar-refractivity contribution in [2.75, 3.05) is 6.61 Å². The average Bonchev–Trinajstić information content (AvgIpc) is 1.65. The second-order valence-electron chi connectivity index (χ2n) is 0.721. The molecule has 0 atom stereocenters. The van der Waals surface area contributed by atoms with E-state index in [-0.39, 0.29) is 51.4 Å². The maximum atomic E-state index is 8.44. The van der Waals surface area contributed by atoms with Gasteiger partial charge in [0.1, 0.15) is 0 Å². The van der Waals surface area contributed by atoms with Gasteiger partial charge in [0.05, 0.1) is 6.61 Å². The third-order valence-corrected chi connectivity index (χ3v) is 0.167. The van der Waals surface area contributed by atoms with Crippen molar-refractivity contribution < 1.29 is 71.2 Å². The van der Waals surface area contributed by atoms with Crippen LogP contribution < -0.4 is 62.4 Å². The summed E-state index contributed by atoms with van der Waals surface area (Å²) in [7, 11) is 0. The summed E-state index contributed by atoms with van der Waals surface area (Å²) in [6.07, 6.45) is -2.08. The van der Waals surface area contributed by atoms with E-state index in [1.165, 1.54) is 0 Å². The summed E-state index contributed by atoms with van der Waals surface area (Å²) < 4.78 is 0. The van der Waals surface area contributed by atoms with Crippen molar-refractivity contribution in [2.45, 2.75) is 6.92 Å². The van der Waals surface area contributed by atoms with Crippen LogP contribution in [-0.4, -0.2) is 17.9 Å². The van der Waals surface area contributed by atoms with Crippen LogP contribution in [0.25, 0.3) is 0 Å². The predicted octanol–water partition coefficient (Wildman–Crippen LogP) is -4.21. The van der Waals surface area contributed by atoms with Gasteiger partial charge in [-0.15, -0.1) is 0 Å². The van der Waals surface area contributed by atoms with E-state index in [1.54, 1.807) is 0 Å². The van der Waals surface area contributed by atoms with Gasteiger partial charge in [0, 0.05) is 0 Å². The molecule has 5 nitrogen and oxygen atoms in total. The minimum Gasteiger partial charge on any atom is -0.565 e. The van der Waals surface area contributed by atoms with E-state index in [2.05, 4.69) is 10.7 Å². The maximum Gasteiger partial charge on any atom is 1.00 e. The van der Waals surface area contributed by atoms with Gasteiger partial charge in [0.15, 0.2) is 0 Å². The minimum absolute atomic E-state index is 0. The van der Waals surface area contributed by atoms with Crippen LogP contribution in [0.1, 0.15) is 6.92 Å². The third-order valence-electron chi connectivity index (χ3n) is 0.167. The minimum atomic E-state index is -2.08. The first-order valence-electron chi connectivity index (χ1n) is 1.86. The second kappa shape index (κ2) is 15.9. The largest absolute Gasteiger partial charge is 1.00 e. The molecule has 0 aromatic heterocycles. The molecular formula is C3H8KNO4. The molecule has 0 saturated carbocycles. The molecule has 9 heavy (non-hydrogen) atoms. The number of hydrogen-bond donors (Lipinski definition) is 2. The zero-order valence-electron chi connectivity index (χ0n) is 5.46. The summed E-state index contributed by atoms with van der Waals surface area (Å²) in [4.78, 5) is 12.5. The first-order valence-corrected chi connectivity index (χ1v) is 1.86. The van der Waals surface area contributed by atoms with Gasteiger partial charge >= 0.3 is 51.4 Å². The predicted molar refractivity (Wildman–Crippen MR) is 23.8 cm³/mol. The van der Waals surface area contributed by atoms with Crippen molar-refractivity contribution >= 4 is 6.16 Å². The van der Waals surface area contributed by atoms with Gasteiger partial charge in [-0.25, -0.2) is 5.90 Å². The molecule has 0 unspecified atom stereocenters. The SMILES string of the molecule is CCON.O=C([O-])O.[K+]. The molecule has 0 spiro atoms. The van der Waals surface area contributed by atoms with Crippen LogP contribution >= 0.6 is 0 Å². The zero-order valence-corrected chi connectivity index (χ0v) is 8.58. The second-order valence-corrected chi connectivity index (χ2v) is 0.721. The number of nitrogens with two attached hydrogens (primary N) is 1. The van der Waals surface area contributed by atoms with Gasteiger partial charge in [-0.2, -0.15) is 0 Å². The van der Waals surface area contributed by atoms with E-state index in [0.29, 0.717) is 6.61 Å². The molecule has 0 aliphatic rings. The summed E-state index contributed by atoms with van der Waals surface area (Å²) in [6.45, 7) is 2.43. The van der Waals surface area contributed by atoms with E-state index in [4.69, 9.17) is 15.0 Å². The maximum absolute atomic E-state index is 8.44. The molecular weight excluding hydrogens is 153 g/mol. The number of carbonyl (C=O) groups is 1. The Morgan fingerprint density at radius 2 is 2.00 bits per heavy atom. The van der Waals surface area contributed by atoms with Gasteiger partial charge in [0.25, 0.3) is 0 Å². The van der Waals surface area contributed by atoms with E-state index in [0.717, 1.165) is 0 Å². The molecule has 50 valence electrons. The molecule has 6 heteroatoms. The third kappa shape index (κ3) is 123. The van der Waals surface area contributed by atoms with Gasteiger partial charge in [-0.05, 0) is 6.92 Å². The molecule has 0 heterocycles. The summed E-state index contributed by atoms with van der Waals surface area (Å²) >= 11 is 0. The van der Waals surface area contributed by atoms with Gasteiger partial charge in [-0.1, -0.05) is 0 Å². The Kier molecular flexibility index (Phi) is 29.1. The summed E-state index contributed by atoms with van der Waals surface area (Å²) in [5.41, 5.74) is 0. The molecule has 0 aromatic carbocycles. The number of hydrogen-bond acceptors (Lipinski definition) is 4. The average molecular weight is 161 g/mol. The molecule has 3 N–H and O–H groups in total. The number of rotatable bonds is 1. The van der Waals surface area contributed by atoms with Crippen LogP contribution in [0.4, 0.5) is 4.79 Å². The molecule has 0 fully saturated rings. The molecule has 0 aliphatic carbocycles. The molecule has 0 aromatic rings. The van der Waals surface area contributed by atoms with Crippen LogP contribution in [0.3, 0.4) is 0 Å². The quantitative estimate of drug-likeness (QED) is 0.300. The molecule has 0 aliphatic heterocycles. The fourth-order valence-electron chi connectivity index (χ4n) is 0. The summed E-state index contributed by atoms with van der Waals surface area (Å²) in [6, 6.07) is 0. The fourth-order valence-corrected chi connectivity index (χ4v) is 0. The van der Waals surface area contributed by atoms with Crippen LogP contribution in [0.2, 0.25) is 0 Å². The van der Waals surface area contributed by atoms with Crippen LogP contribution in [0.15, 0.2) is 0 Å². The van der Waals surface area contributed by atoms with E-state index in [1.807, 2.05) is 6.92 Å². The Bertz CT molecular complexity index is 53.8. The fraction of sp³-hybridized carbons (Fsp3) is 0.667. The van der Waals surface area contributed by atoms with Crippen molar-refractivity contribution in [3.8, 4) is 0 Å². The van der Waals surface area contributed by atoms with E-state index in [9.17, 15) is 0 Å². The van der Waals surface area contributed by atoms with Crippen molar-refractivity contribution in [1.82, 2.24) is 0 Å². The van der Waals surface area contributed by atoms with Gasteiger partial charge < -0.3 is 19.8 Å². The van der Waals surface area contributed by atoms with Crippen LogP contribution in [0.5, 0.6) is 0 Å². The van der Waals surface area contributed by atoms with Crippen molar-refractivity contribution in [2.24, 2.45) is 5.90 Å². The van der Waals surface area contributed by atoms with Gasteiger partial charge in [0.2, 0.25) is 6.16 Å². The van der Waals surface area contributed by atoms with Crippen LogP contribution in [-0.2, 0) is 4.84 Å². The smallest absolute Gasteiger partial charge is 0.565 e. The normalized spacial score (nSPS) is 6.00. The Labute approximate surface area is 95.6 Å². The number of carboxylic acid groups (broad SMARTS) is 2. The summed E-state index contributed by atoms with van der Waals surface area (Å²) in [5, 5.41) is 15.3. The van der Waals surface area contributed by atoms with Crippen molar-refractivity contribution in [1.29, 1.82) is 0 Å². The first-order chi connectivity index (χ1) is 3.65.